The number of hydrogen-bond acceptors (Lipinski definition) is 13. The molecule has 14 nitrogen and oxygen atoms in total. The lowest BCUT2D eigenvalue weighted by molar-refractivity contribution is -0.157. The Bertz CT molecular complexity index is 1270. The van der Waals surface area contributed by atoms with Crippen LogP contribution in [0.5, 0.6) is 0 Å². The van der Waals surface area contributed by atoms with Crippen molar-refractivity contribution in [2.75, 3.05) is 25.5 Å². The molecule has 0 fully saturated rings. The smallest absolute Gasteiger partial charge is 0.458 e. The Morgan fingerprint density at radius 1 is 1.10 bits per heavy atom. The number of allylic oxidation sites excluding steroid dienone is 1. The number of fused-ring (bicyclic) bond motifs is 1. The Morgan fingerprint density at radius 2 is 1.79 bits per heavy atom. The second-order valence-electron chi connectivity index (χ2n) is 10.5. The van der Waals surface area contributed by atoms with Crippen LogP contribution in [-0.2, 0) is 37.4 Å². The molecule has 0 radical (unpaired) electrons. The summed E-state index contributed by atoms with van der Waals surface area (Å²) in [7, 11) is -4.26. The molecule has 0 bridgehead atoms. The maximum Gasteiger partial charge on any atom is 0.510 e. The molecule has 39 heavy (non-hydrogen) atoms. The van der Waals surface area contributed by atoms with Gasteiger partial charge in [0.25, 0.3) is 0 Å². The maximum atomic E-state index is 14.8. The van der Waals surface area contributed by atoms with Gasteiger partial charge in [0.2, 0.25) is 6.79 Å². The standard InChI is InChI=1S/C23H33FN5O9P/c1-22(2,3)37-17(30)9-35-39(32,36-12-33-21(31)38-23(4,5)6)13-34-16-8-14(7-15(16)24)29-11-28-18-19(25)26-10-27-20(18)29/h7,10-11,14,16H,8-9,12-13H2,1-6H3,(H2,25,26,27)/t14-,16-,39?/m1/s1. The van der Waals surface area contributed by atoms with E-state index in [4.69, 9.17) is 33.7 Å². The average molecular weight is 574 g/mol. The first kappa shape index (κ1) is 30.4. The van der Waals surface area contributed by atoms with Gasteiger partial charge in [-0.15, -0.1) is 0 Å². The van der Waals surface area contributed by atoms with E-state index in [1.165, 1.54) is 18.7 Å². The Hall–Kier alpha value is -3.13. The molecule has 0 saturated heterocycles. The fourth-order valence-electron chi connectivity index (χ4n) is 3.39. The number of nitrogen functional groups attached to an aromatic ring is 1. The summed E-state index contributed by atoms with van der Waals surface area (Å²) in [6, 6.07) is -0.534. The third kappa shape index (κ3) is 8.95. The number of carbonyl (C=O) groups excluding carboxylic acids is 2. The van der Waals surface area contributed by atoms with Crippen LogP contribution >= 0.6 is 7.60 Å². The first-order chi connectivity index (χ1) is 18.1. The second-order valence-corrected chi connectivity index (χ2v) is 12.5. The number of halogens is 1. The van der Waals surface area contributed by atoms with Gasteiger partial charge >= 0.3 is 19.7 Å². The van der Waals surface area contributed by atoms with E-state index < -0.39 is 68.6 Å². The van der Waals surface area contributed by atoms with Gasteiger partial charge in [0.1, 0.15) is 41.3 Å². The van der Waals surface area contributed by atoms with Crippen molar-refractivity contribution in [1.29, 1.82) is 0 Å². The molecular weight excluding hydrogens is 540 g/mol. The molecule has 216 valence electrons. The fourth-order valence-corrected chi connectivity index (χ4v) is 4.50. The van der Waals surface area contributed by atoms with Gasteiger partial charge in [-0.2, -0.15) is 0 Å². The maximum absolute atomic E-state index is 14.8. The molecule has 0 amide bonds. The number of nitrogens with zero attached hydrogens (tertiary/aromatic N) is 4. The van der Waals surface area contributed by atoms with E-state index in [1.807, 2.05) is 0 Å². The lowest BCUT2D eigenvalue weighted by atomic mass is 10.2. The van der Waals surface area contributed by atoms with E-state index in [1.54, 1.807) is 46.1 Å². The third-order valence-corrected chi connectivity index (χ3v) is 6.39. The molecule has 0 aliphatic heterocycles. The van der Waals surface area contributed by atoms with Crippen molar-refractivity contribution in [3.8, 4) is 0 Å². The van der Waals surface area contributed by atoms with Crippen molar-refractivity contribution in [1.82, 2.24) is 19.5 Å². The van der Waals surface area contributed by atoms with Crippen molar-refractivity contribution in [3.05, 3.63) is 24.6 Å². The molecule has 1 unspecified atom stereocenters. The normalized spacial score (nSPS) is 19.4. The predicted octanol–water partition coefficient (Wildman–Crippen LogP) is 4.03. The van der Waals surface area contributed by atoms with Crippen LogP contribution in [0.2, 0.25) is 0 Å². The number of ether oxygens (including phenoxy) is 4. The van der Waals surface area contributed by atoms with Gasteiger partial charge in [-0.3, -0.25) is 13.6 Å². The minimum atomic E-state index is -4.26. The Balaban J connectivity index is 1.64. The molecule has 3 atom stereocenters. The molecule has 0 spiro atoms. The van der Waals surface area contributed by atoms with Gasteiger partial charge in [-0.1, -0.05) is 0 Å². The number of rotatable bonds is 10. The van der Waals surface area contributed by atoms with Gasteiger partial charge < -0.3 is 29.2 Å². The van der Waals surface area contributed by atoms with E-state index in [0.29, 0.717) is 11.2 Å². The number of hydrogen-bond donors (Lipinski definition) is 1. The van der Waals surface area contributed by atoms with E-state index in [9.17, 15) is 18.5 Å². The number of carbonyl (C=O) groups is 2. The van der Waals surface area contributed by atoms with Gasteiger partial charge in [0.05, 0.1) is 12.4 Å². The van der Waals surface area contributed by atoms with Gasteiger partial charge in [-0.05, 0) is 47.6 Å². The minimum absolute atomic E-state index is 0.0989. The molecule has 1 aliphatic rings. The van der Waals surface area contributed by atoms with Crippen LogP contribution in [0.15, 0.2) is 24.6 Å². The fraction of sp³-hybridized carbons (Fsp3) is 0.609. The van der Waals surface area contributed by atoms with E-state index in [-0.39, 0.29) is 12.2 Å². The topological polar surface area (TPSA) is 176 Å². The quantitative estimate of drug-likeness (QED) is 0.245. The Morgan fingerprint density at radius 3 is 2.46 bits per heavy atom. The number of esters is 1. The Kier molecular flexibility index (Phi) is 9.31. The van der Waals surface area contributed by atoms with Crippen LogP contribution in [0, 0.1) is 0 Å². The van der Waals surface area contributed by atoms with Crippen molar-refractivity contribution >= 4 is 36.7 Å². The zero-order valence-electron chi connectivity index (χ0n) is 22.6. The van der Waals surface area contributed by atoms with Crippen LogP contribution in [-0.4, -0.2) is 68.7 Å². The van der Waals surface area contributed by atoms with Gasteiger partial charge in [-0.25, -0.2) is 28.9 Å². The van der Waals surface area contributed by atoms with Crippen molar-refractivity contribution in [2.24, 2.45) is 0 Å². The Labute approximate surface area is 224 Å². The summed E-state index contributed by atoms with van der Waals surface area (Å²) >= 11 is 0. The summed E-state index contributed by atoms with van der Waals surface area (Å²) in [6.07, 6.45) is 1.18. The molecule has 2 aromatic rings. The average Bonchev–Trinajstić information content (AvgIpc) is 3.38. The molecular formula is C23H33FN5O9P. The van der Waals surface area contributed by atoms with Crippen LogP contribution in [0.25, 0.3) is 11.2 Å². The predicted molar refractivity (Wildman–Crippen MR) is 135 cm³/mol. The number of imidazole rings is 1. The van der Waals surface area contributed by atoms with Crippen LogP contribution < -0.4 is 5.73 Å². The molecule has 0 aromatic carbocycles. The summed E-state index contributed by atoms with van der Waals surface area (Å²) in [5.41, 5.74) is 4.94. The monoisotopic (exact) mass is 573 g/mol. The zero-order valence-corrected chi connectivity index (χ0v) is 23.5. The number of anilines is 1. The summed E-state index contributed by atoms with van der Waals surface area (Å²) in [5.74, 6) is -1.27. The largest absolute Gasteiger partial charge is 0.510 e. The van der Waals surface area contributed by atoms with Crippen LogP contribution in [0.1, 0.15) is 54.0 Å². The highest BCUT2D eigenvalue weighted by atomic mass is 31.2. The van der Waals surface area contributed by atoms with E-state index in [0.717, 1.165) is 0 Å². The molecule has 2 N–H and O–H groups in total. The summed E-state index contributed by atoms with van der Waals surface area (Å²) < 4.78 is 60.6. The van der Waals surface area contributed by atoms with Gasteiger partial charge in [0.15, 0.2) is 18.1 Å². The minimum Gasteiger partial charge on any atom is -0.458 e. The lowest BCUT2D eigenvalue weighted by Crippen LogP contribution is -2.27. The first-order valence-corrected chi connectivity index (χ1v) is 13.7. The summed E-state index contributed by atoms with van der Waals surface area (Å²) in [6.45, 7) is 8.24. The van der Waals surface area contributed by atoms with Crippen molar-refractivity contribution in [2.45, 2.75) is 71.3 Å². The molecule has 3 rings (SSSR count). The third-order valence-electron chi connectivity index (χ3n) is 4.91. The molecule has 2 heterocycles. The summed E-state index contributed by atoms with van der Waals surface area (Å²) in [4.78, 5) is 36.1. The SMILES string of the molecule is CC(C)(C)OC(=O)COP(=O)(CO[C@@H]1C[C@H](n2cnc3c(N)ncnc32)C=C1F)OCOC(=O)OC(C)(C)C. The van der Waals surface area contributed by atoms with Crippen molar-refractivity contribution < 1.29 is 46.5 Å². The number of nitrogens with two attached hydrogens (primary N) is 1. The first-order valence-electron chi connectivity index (χ1n) is 11.9. The van der Waals surface area contributed by atoms with E-state index >= 15 is 0 Å². The highest BCUT2D eigenvalue weighted by Gasteiger charge is 2.35. The molecule has 2 aromatic heterocycles. The van der Waals surface area contributed by atoms with Crippen LogP contribution in [0.4, 0.5) is 15.0 Å². The highest BCUT2D eigenvalue weighted by Crippen LogP contribution is 2.49. The second kappa shape index (κ2) is 11.9. The van der Waals surface area contributed by atoms with E-state index in [2.05, 4.69) is 15.0 Å². The highest BCUT2D eigenvalue weighted by molar-refractivity contribution is 7.53. The van der Waals surface area contributed by atoms with Crippen molar-refractivity contribution in [3.63, 3.8) is 0 Å². The zero-order chi connectivity index (χ0) is 29.0. The van der Waals surface area contributed by atoms with Gasteiger partial charge in [0, 0.05) is 6.42 Å². The lowest BCUT2D eigenvalue weighted by Gasteiger charge is -2.23. The molecule has 1 aliphatic carbocycles. The van der Waals surface area contributed by atoms with Crippen LogP contribution in [0.3, 0.4) is 0 Å². The molecule has 16 heteroatoms. The summed E-state index contributed by atoms with van der Waals surface area (Å²) in [5, 5.41) is 0. The number of aromatic nitrogens is 4. The molecule has 0 saturated carbocycles.